The number of halogens is 2. The van der Waals surface area contributed by atoms with Gasteiger partial charge >= 0.3 is 0 Å². The number of hydrogen-bond donors (Lipinski definition) is 3. The second-order valence-corrected chi connectivity index (χ2v) is 4.04. The minimum absolute atomic E-state index is 0. The molecule has 0 spiro atoms. The van der Waals surface area contributed by atoms with E-state index in [-0.39, 0.29) is 36.6 Å². The molecule has 0 heterocycles. The topological polar surface area (TPSA) is 70.2 Å². The summed E-state index contributed by atoms with van der Waals surface area (Å²) in [5.74, 6) is -0.867. The first kappa shape index (κ1) is 18.3. The first-order chi connectivity index (χ1) is 9.11. The molecule has 0 unspecified atom stereocenters. The molecule has 1 rings (SSSR count). The Kier molecular flexibility index (Phi) is 9.32. The van der Waals surface area contributed by atoms with Crippen LogP contribution in [0.2, 0.25) is 0 Å². The smallest absolute Gasteiger partial charge is 0.243 e. The van der Waals surface area contributed by atoms with E-state index in [0.29, 0.717) is 12.1 Å². The number of rotatable bonds is 7. The molecule has 0 aromatic heterocycles. The lowest BCUT2D eigenvalue weighted by atomic mass is 10.3. The molecule has 2 amide bonds. The second-order valence-electron chi connectivity index (χ2n) is 4.04. The van der Waals surface area contributed by atoms with Crippen molar-refractivity contribution >= 4 is 29.9 Å². The zero-order valence-electron chi connectivity index (χ0n) is 11.2. The highest BCUT2D eigenvalue weighted by molar-refractivity contribution is 5.94. The van der Waals surface area contributed by atoms with Crippen LogP contribution in [0.5, 0.6) is 0 Å². The zero-order chi connectivity index (χ0) is 14.1. The van der Waals surface area contributed by atoms with E-state index in [0.717, 1.165) is 13.0 Å². The number of benzene rings is 1. The fourth-order valence-corrected chi connectivity index (χ4v) is 1.43. The number of carbonyl (C=O) groups is 2. The van der Waals surface area contributed by atoms with Gasteiger partial charge in [0.1, 0.15) is 5.82 Å². The van der Waals surface area contributed by atoms with Crippen LogP contribution in [-0.4, -0.2) is 32.0 Å². The van der Waals surface area contributed by atoms with Crippen LogP contribution in [0.1, 0.15) is 12.8 Å². The van der Waals surface area contributed by atoms with Crippen molar-refractivity contribution in [3.05, 3.63) is 30.1 Å². The van der Waals surface area contributed by atoms with Gasteiger partial charge in [0.2, 0.25) is 11.8 Å². The van der Waals surface area contributed by atoms with Crippen molar-refractivity contribution in [2.24, 2.45) is 0 Å². The monoisotopic (exact) mass is 303 g/mol. The Morgan fingerprint density at radius 2 is 1.80 bits per heavy atom. The fourth-order valence-electron chi connectivity index (χ4n) is 1.43. The van der Waals surface area contributed by atoms with E-state index in [1.54, 1.807) is 0 Å². The lowest BCUT2D eigenvalue weighted by Crippen LogP contribution is -2.33. The molecule has 0 saturated carbocycles. The maximum Gasteiger partial charge on any atom is 0.243 e. The lowest BCUT2D eigenvalue weighted by Gasteiger charge is -2.07. The van der Waals surface area contributed by atoms with Crippen LogP contribution in [0, 0.1) is 5.82 Å². The van der Waals surface area contributed by atoms with Crippen LogP contribution < -0.4 is 16.0 Å². The lowest BCUT2D eigenvalue weighted by molar-refractivity contribution is -0.124. The standard InChI is InChI=1S/C13H18FN3O2.ClH/c1-15-8-2-3-12(18)16-9-13(19)17-11-6-4-10(14)5-7-11;/h4-7,15H,2-3,8-9H2,1H3,(H,16,18)(H,17,19);1H. The van der Waals surface area contributed by atoms with Crippen molar-refractivity contribution < 1.29 is 14.0 Å². The van der Waals surface area contributed by atoms with E-state index in [1.165, 1.54) is 24.3 Å². The van der Waals surface area contributed by atoms with E-state index >= 15 is 0 Å². The van der Waals surface area contributed by atoms with Crippen LogP contribution in [0.25, 0.3) is 0 Å². The maximum atomic E-state index is 12.7. The van der Waals surface area contributed by atoms with Crippen molar-refractivity contribution in [2.75, 3.05) is 25.5 Å². The second kappa shape index (κ2) is 10.2. The Morgan fingerprint density at radius 3 is 2.40 bits per heavy atom. The molecule has 0 saturated heterocycles. The van der Waals surface area contributed by atoms with Gasteiger partial charge in [-0.05, 0) is 44.3 Å². The van der Waals surface area contributed by atoms with Crippen LogP contribution in [-0.2, 0) is 9.59 Å². The predicted molar refractivity (Wildman–Crippen MR) is 78.4 cm³/mol. The summed E-state index contributed by atoms with van der Waals surface area (Å²) < 4.78 is 12.7. The number of amides is 2. The van der Waals surface area contributed by atoms with Crippen LogP contribution in [0.4, 0.5) is 10.1 Å². The summed E-state index contributed by atoms with van der Waals surface area (Å²) in [6, 6.07) is 5.43. The van der Waals surface area contributed by atoms with Gasteiger partial charge in [-0.1, -0.05) is 0 Å². The van der Waals surface area contributed by atoms with E-state index in [4.69, 9.17) is 0 Å². The Hall–Kier alpha value is -1.66. The van der Waals surface area contributed by atoms with Crippen LogP contribution >= 0.6 is 12.4 Å². The molecule has 0 radical (unpaired) electrons. The van der Waals surface area contributed by atoms with Crippen molar-refractivity contribution in [1.29, 1.82) is 0 Å². The molecule has 0 fully saturated rings. The number of hydrogen-bond acceptors (Lipinski definition) is 3. The van der Waals surface area contributed by atoms with Crippen molar-refractivity contribution in [3.8, 4) is 0 Å². The summed E-state index contributed by atoms with van der Waals surface area (Å²) in [6.07, 6.45) is 1.10. The van der Waals surface area contributed by atoms with E-state index < -0.39 is 0 Å². The third-order valence-corrected chi connectivity index (χ3v) is 2.40. The molecule has 0 atom stereocenters. The first-order valence-corrected chi connectivity index (χ1v) is 6.08. The summed E-state index contributed by atoms with van der Waals surface area (Å²) >= 11 is 0. The normalized spacial score (nSPS) is 9.50. The van der Waals surface area contributed by atoms with Gasteiger partial charge in [-0.25, -0.2) is 4.39 Å². The van der Waals surface area contributed by atoms with Crippen LogP contribution in [0.3, 0.4) is 0 Å². The minimum Gasteiger partial charge on any atom is -0.347 e. The van der Waals surface area contributed by atoms with Gasteiger partial charge < -0.3 is 16.0 Å². The van der Waals surface area contributed by atoms with Gasteiger partial charge in [0.05, 0.1) is 6.54 Å². The Bertz CT molecular complexity index is 426. The highest BCUT2D eigenvalue weighted by Crippen LogP contribution is 2.07. The predicted octanol–water partition coefficient (Wildman–Crippen LogP) is 1.30. The molecule has 20 heavy (non-hydrogen) atoms. The van der Waals surface area contributed by atoms with Gasteiger partial charge in [-0.15, -0.1) is 12.4 Å². The molecule has 5 nitrogen and oxygen atoms in total. The number of nitrogens with one attached hydrogen (secondary N) is 3. The fraction of sp³-hybridized carbons (Fsp3) is 0.385. The van der Waals surface area contributed by atoms with Crippen molar-refractivity contribution in [2.45, 2.75) is 12.8 Å². The molecule has 112 valence electrons. The molecular weight excluding hydrogens is 285 g/mol. The van der Waals surface area contributed by atoms with Crippen LogP contribution in [0.15, 0.2) is 24.3 Å². The average Bonchev–Trinajstić information content (AvgIpc) is 2.39. The third-order valence-electron chi connectivity index (χ3n) is 2.40. The van der Waals surface area contributed by atoms with Gasteiger partial charge in [-0.3, -0.25) is 9.59 Å². The van der Waals surface area contributed by atoms with E-state index in [9.17, 15) is 14.0 Å². The minimum atomic E-state index is -0.365. The number of anilines is 1. The first-order valence-electron chi connectivity index (χ1n) is 6.08. The molecule has 3 N–H and O–H groups in total. The quantitative estimate of drug-likeness (QED) is 0.665. The largest absolute Gasteiger partial charge is 0.347 e. The summed E-state index contributed by atoms with van der Waals surface area (Å²) in [5.41, 5.74) is 0.496. The SMILES string of the molecule is CNCCCC(=O)NCC(=O)Nc1ccc(F)cc1.Cl. The molecule has 1 aromatic rings. The zero-order valence-corrected chi connectivity index (χ0v) is 12.1. The molecule has 0 aliphatic heterocycles. The molecule has 0 aliphatic carbocycles. The molecular formula is C13H19ClFN3O2. The van der Waals surface area contributed by atoms with Gasteiger partial charge in [0, 0.05) is 12.1 Å². The Labute approximate surface area is 123 Å². The van der Waals surface area contributed by atoms with Crippen molar-refractivity contribution in [3.63, 3.8) is 0 Å². The third kappa shape index (κ3) is 7.70. The van der Waals surface area contributed by atoms with Gasteiger partial charge in [-0.2, -0.15) is 0 Å². The average molecular weight is 304 g/mol. The Balaban J connectivity index is 0.00000361. The molecule has 0 bridgehead atoms. The highest BCUT2D eigenvalue weighted by atomic mass is 35.5. The van der Waals surface area contributed by atoms with Gasteiger partial charge in [0.15, 0.2) is 0 Å². The summed E-state index contributed by atoms with van der Waals surface area (Å²) in [5, 5.41) is 8.01. The molecule has 0 aliphatic rings. The summed E-state index contributed by atoms with van der Waals surface area (Å²) in [4.78, 5) is 22.9. The summed E-state index contributed by atoms with van der Waals surface area (Å²) in [7, 11) is 1.81. The Morgan fingerprint density at radius 1 is 1.15 bits per heavy atom. The van der Waals surface area contributed by atoms with E-state index in [1.807, 2.05) is 7.05 Å². The number of carbonyl (C=O) groups excluding carboxylic acids is 2. The maximum absolute atomic E-state index is 12.7. The highest BCUT2D eigenvalue weighted by Gasteiger charge is 2.05. The van der Waals surface area contributed by atoms with E-state index in [2.05, 4.69) is 16.0 Å². The summed E-state index contributed by atoms with van der Waals surface area (Å²) in [6.45, 7) is 0.672. The molecule has 7 heteroatoms. The molecule has 1 aromatic carbocycles. The van der Waals surface area contributed by atoms with Gasteiger partial charge in [0.25, 0.3) is 0 Å². The van der Waals surface area contributed by atoms with Crippen molar-refractivity contribution in [1.82, 2.24) is 10.6 Å².